The van der Waals surface area contributed by atoms with Gasteiger partial charge in [0, 0.05) is 44.4 Å². The number of aryl methyl sites for hydroxylation is 2. The first-order valence-electron chi connectivity index (χ1n) is 22.5. The number of nitrogens with zero attached hydrogens (tertiary/aromatic N) is 2. The number of rotatable bonds is 9. The molecule has 0 amide bonds. The Bertz CT molecular complexity index is 3020. The second kappa shape index (κ2) is 14.7. The maximum atomic E-state index is 8.92. The standard InChI is InChI=1S/C56H50N2/c1-39-22-27-47(28-23-39)57(48-29-24-40(2)25-30-48)49-31-33-54-52(38-49)51-34-42(41-16-10-7-11-17-41)26-32-53(51)58(54)50-36-45(55(3,4)43-18-12-8-13-19-43)35-46(37-50)56(5,6)44-20-14-9-15-21-44/h7-38H,1-6H3/i7D,10D,11D,16D,17D. The summed E-state index contributed by atoms with van der Waals surface area (Å²) >= 11 is 0. The summed E-state index contributed by atoms with van der Waals surface area (Å²) in [6.07, 6.45) is 0. The van der Waals surface area contributed by atoms with Gasteiger partial charge in [-0.1, -0.05) is 166 Å². The minimum atomic E-state index is -0.407. The molecule has 0 saturated heterocycles. The van der Waals surface area contributed by atoms with Crippen molar-refractivity contribution >= 4 is 38.9 Å². The number of benzene rings is 8. The fraction of sp³-hybridized carbons (Fsp3) is 0.143. The van der Waals surface area contributed by atoms with Crippen LogP contribution in [0, 0.1) is 13.8 Å². The Morgan fingerprint density at radius 2 is 0.897 bits per heavy atom. The summed E-state index contributed by atoms with van der Waals surface area (Å²) in [5.41, 5.74) is 13.1. The van der Waals surface area contributed by atoms with Gasteiger partial charge in [0.15, 0.2) is 0 Å². The van der Waals surface area contributed by atoms with Crippen LogP contribution < -0.4 is 4.90 Å². The largest absolute Gasteiger partial charge is 0.310 e. The van der Waals surface area contributed by atoms with Crippen molar-refractivity contribution in [2.24, 2.45) is 0 Å². The van der Waals surface area contributed by atoms with Crippen molar-refractivity contribution < 1.29 is 6.85 Å². The SMILES string of the molecule is [2H]c1c([2H])c([2H])c(-c2ccc3c(c2)c2cc(N(c4ccc(C)cc4)c4ccc(C)cc4)ccc2n3-c2cc(C(C)(C)c3ccccc3)cc(C(C)(C)c3ccccc3)c2)c([2H])c1[2H]. The highest BCUT2D eigenvalue weighted by atomic mass is 15.1. The van der Waals surface area contributed by atoms with E-state index in [-0.39, 0.29) is 40.6 Å². The highest BCUT2D eigenvalue weighted by Gasteiger charge is 2.30. The van der Waals surface area contributed by atoms with Gasteiger partial charge in [0.05, 0.1) is 17.9 Å². The van der Waals surface area contributed by atoms with Gasteiger partial charge in [-0.15, -0.1) is 0 Å². The van der Waals surface area contributed by atoms with Crippen LogP contribution in [0.15, 0.2) is 194 Å². The number of hydrogen-bond donors (Lipinski definition) is 0. The van der Waals surface area contributed by atoms with Crippen molar-refractivity contribution in [1.82, 2.24) is 4.57 Å². The summed E-state index contributed by atoms with van der Waals surface area (Å²) in [7, 11) is 0. The van der Waals surface area contributed by atoms with Crippen LogP contribution in [0.4, 0.5) is 17.1 Å². The van der Waals surface area contributed by atoms with Gasteiger partial charge in [-0.3, -0.25) is 0 Å². The fourth-order valence-electron chi connectivity index (χ4n) is 8.32. The van der Waals surface area contributed by atoms with Crippen LogP contribution in [0.2, 0.25) is 0 Å². The van der Waals surface area contributed by atoms with Crippen molar-refractivity contribution in [3.63, 3.8) is 0 Å². The molecule has 0 bridgehead atoms. The molecule has 1 aromatic heterocycles. The molecule has 0 aliphatic rings. The molecule has 9 aromatic rings. The van der Waals surface area contributed by atoms with Crippen molar-refractivity contribution in [2.45, 2.75) is 52.4 Å². The Balaban J connectivity index is 1.36. The summed E-state index contributed by atoms with van der Waals surface area (Å²) in [6.45, 7) is 13.3. The second-order valence-electron chi connectivity index (χ2n) is 16.5. The number of fused-ring (bicyclic) bond motifs is 3. The number of anilines is 3. The van der Waals surface area contributed by atoms with Crippen LogP contribution in [0.1, 0.15) is 67.9 Å². The Kier molecular flexibility index (Phi) is 7.97. The highest BCUT2D eigenvalue weighted by Crippen LogP contribution is 2.43. The molecule has 0 radical (unpaired) electrons. The molecule has 284 valence electrons. The van der Waals surface area contributed by atoms with Crippen molar-refractivity contribution in [2.75, 3.05) is 4.90 Å². The quantitative estimate of drug-likeness (QED) is 0.142. The van der Waals surface area contributed by atoms with Gasteiger partial charge in [0.2, 0.25) is 0 Å². The van der Waals surface area contributed by atoms with E-state index in [0.29, 0.717) is 5.56 Å². The van der Waals surface area contributed by atoms with Gasteiger partial charge in [0.1, 0.15) is 0 Å². The third-order valence-electron chi connectivity index (χ3n) is 12.0. The maximum absolute atomic E-state index is 8.92. The fourth-order valence-corrected chi connectivity index (χ4v) is 8.32. The molecule has 58 heavy (non-hydrogen) atoms. The van der Waals surface area contributed by atoms with Gasteiger partial charge >= 0.3 is 0 Å². The molecule has 1 heterocycles. The Labute approximate surface area is 350 Å². The van der Waals surface area contributed by atoms with E-state index in [9.17, 15) is 0 Å². The van der Waals surface area contributed by atoms with E-state index in [1.807, 2.05) is 18.2 Å². The topological polar surface area (TPSA) is 8.17 Å². The molecule has 2 nitrogen and oxygen atoms in total. The van der Waals surface area contributed by atoms with Crippen LogP contribution in [-0.2, 0) is 10.8 Å². The molecule has 0 aliphatic heterocycles. The molecule has 0 N–H and O–H groups in total. The average molecular weight is 756 g/mol. The summed E-state index contributed by atoms with van der Waals surface area (Å²) < 4.78 is 45.5. The Hall–Kier alpha value is -6.64. The molecule has 0 saturated carbocycles. The first kappa shape index (κ1) is 31.4. The van der Waals surface area contributed by atoms with Crippen LogP contribution in [0.5, 0.6) is 0 Å². The smallest absolute Gasteiger partial charge is 0.0629 e. The summed E-state index contributed by atoms with van der Waals surface area (Å²) in [5.74, 6) is 0. The number of hydrogen-bond acceptors (Lipinski definition) is 1. The lowest BCUT2D eigenvalue weighted by Crippen LogP contribution is -2.23. The zero-order chi connectivity index (χ0) is 44.4. The monoisotopic (exact) mass is 755 g/mol. The van der Waals surface area contributed by atoms with E-state index < -0.39 is 6.04 Å². The Morgan fingerprint density at radius 1 is 0.431 bits per heavy atom. The second-order valence-corrected chi connectivity index (χ2v) is 16.5. The lowest BCUT2D eigenvalue weighted by atomic mass is 9.73. The van der Waals surface area contributed by atoms with E-state index in [0.717, 1.165) is 44.6 Å². The molecular formula is C56H50N2. The molecule has 0 aliphatic carbocycles. The van der Waals surface area contributed by atoms with Crippen LogP contribution >= 0.6 is 0 Å². The zero-order valence-corrected chi connectivity index (χ0v) is 34.0. The van der Waals surface area contributed by atoms with Crippen LogP contribution in [-0.4, -0.2) is 4.57 Å². The first-order valence-corrected chi connectivity index (χ1v) is 20.0. The minimum absolute atomic E-state index is 0.180. The molecule has 2 heteroatoms. The molecule has 0 fully saturated rings. The minimum Gasteiger partial charge on any atom is -0.310 e. The zero-order valence-electron chi connectivity index (χ0n) is 39.0. The van der Waals surface area contributed by atoms with Gasteiger partial charge in [0.25, 0.3) is 0 Å². The predicted octanol–water partition coefficient (Wildman–Crippen LogP) is 15.2. The summed E-state index contributed by atoms with van der Waals surface area (Å²) in [6, 6.07) is 56.4. The van der Waals surface area contributed by atoms with E-state index in [4.69, 9.17) is 6.85 Å². The van der Waals surface area contributed by atoms with E-state index in [2.05, 4.69) is 197 Å². The molecule has 0 spiro atoms. The first-order chi connectivity index (χ1) is 30.1. The Morgan fingerprint density at radius 3 is 1.41 bits per heavy atom. The normalized spacial score (nSPS) is 13.2. The van der Waals surface area contributed by atoms with Crippen molar-refractivity contribution in [3.8, 4) is 16.8 Å². The van der Waals surface area contributed by atoms with Crippen LogP contribution in [0.25, 0.3) is 38.6 Å². The van der Waals surface area contributed by atoms with Gasteiger partial charge in [-0.2, -0.15) is 0 Å². The van der Waals surface area contributed by atoms with E-state index in [1.165, 1.54) is 33.4 Å². The third-order valence-corrected chi connectivity index (χ3v) is 12.0. The van der Waals surface area contributed by atoms with Gasteiger partial charge in [-0.25, -0.2) is 0 Å². The summed E-state index contributed by atoms with van der Waals surface area (Å²) in [4.78, 5) is 2.27. The average Bonchev–Trinajstić information content (AvgIpc) is 3.62. The molecule has 9 rings (SSSR count). The van der Waals surface area contributed by atoms with E-state index in [1.54, 1.807) is 0 Å². The predicted molar refractivity (Wildman–Crippen MR) is 248 cm³/mol. The lowest BCUT2D eigenvalue weighted by Gasteiger charge is -2.32. The molecule has 0 atom stereocenters. The van der Waals surface area contributed by atoms with Crippen LogP contribution in [0.3, 0.4) is 0 Å². The van der Waals surface area contributed by atoms with Gasteiger partial charge < -0.3 is 9.47 Å². The lowest BCUT2D eigenvalue weighted by molar-refractivity contribution is 0.616. The number of aromatic nitrogens is 1. The molecule has 8 aromatic carbocycles. The molecule has 0 unspecified atom stereocenters. The van der Waals surface area contributed by atoms with Gasteiger partial charge in [-0.05, 0) is 114 Å². The third kappa shape index (κ3) is 6.69. The van der Waals surface area contributed by atoms with Crippen molar-refractivity contribution in [1.29, 1.82) is 0 Å². The van der Waals surface area contributed by atoms with Crippen molar-refractivity contribution in [3.05, 3.63) is 227 Å². The molecular weight excluding hydrogens is 701 g/mol. The highest BCUT2D eigenvalue weighted by molar-refractivity contribution is 6.12. The van der Waals surface area contributed by atoms with E-state index >= 15 is 0 Å². The maximum Gasteiger partial charge on any atom is 0.0629 e. The summed E-state index contributed by atoms with van der Waals surface area (Å²) in [5, 5.41) is 1.87.